The summed E-state index contributed by atoms with van der Waals surface area (Å²) in [5.74, 6) is 0.813. The van der Waals surface area contributed by atoms with E-state index in [0.717, 1.165) is 17.9 Å². The van der Waals surface area contributed by atoms with E-state index in [4.69, 9.17) is 5.11 Å². The fourth-order valence-electron chi connectivity index (χ4n) is 1.66. The van der Waals surface area contributed by atoms with E-state index in [9.17, 15) is 5.11 Å². The molecule has 1 aromatic heterocycles. The third-order valence-corrected chi connectivity index (χ3v) is 2.49. The van der Waals surface area contributed by atoms with Crippen molar-refractivity contribution in [3.63, 3.8) is 0 Å². The molecule has 0 amide bonds. The predicted molar refractivity (Wildman–Crippen MR) is 64.3 cm³/mol. The Morgan fingerprint density at radius 2 is 2.12 bits per heavy atom. The minimum Gasteiger partial charge on any atom is -0.396 e. The lowest BCUT2D eigenvalue weighted by Gasteiger charge is -2.29. The number of anilines is 1. The molecule has 0 fully saturated rings. The minimum atomic E-state index is -0.00841. The van der Waals surface area contributed by atoms with Crippen LogP contribution in [-0.2, 0) is 6.61 Å². The molecule has 0 spiro atoms. The summed E-state index contributed by atoms with van der Waals surface area (Å²) in [6.45, 7) is 5.06. The Balaban J connectivity index is 2.91. The summed E-state index contributed by atoms with van der Waals surface area (Å²) in [4.78, 5) is 6.41. The van der Waals surface area contributed by atoms with Gasteiger partial charge in [0.15, 0.2) is 0 Å². The molecule has 0 saturated carbocycles. The van der Waals surface area contributed by atoms with Crippen LogP contribution in [0.15, 0.2) is 18.3 Å². The van der Waals surface area contributed by atoms with E-state index >= 15 is 0 Å². The van der Waals surface area contributed by atoms with Crippen molar-refractivity contribution in [3.8, 4) is 0 Å². The SMILES string of the molecule is CC(C)N(CCCO)c1ncccc1CO. The summed E-state index contributed by atoms with van der Waals surface area (Å²) < 4.78 is 0. The van der Waals surface area contributed by atoms with Crippen LogP contribution in [0.2, 0.25) is 0 Å². The molecule has 0 aliphatic rings. The molecule has 0 aromatic carbocycles. The normalized spacial score (nSPS) is 10.8. The first-order chi connectivity index (χ1) is 7.70. The molecule has 0 atom stereocenters. The van der Waals surface area contributed by atoms with Crippen LogP contribution in [0.4, 0.5) is 5.82 Å². The third kappa shape index (κ3) is 3.18. The van der Waals surface area contributed by atoms with Crippen LogP contribution in [0.5, 0.6) is 0 Å². The van der Waals surface area contributed by atoms with Crippen LogP contribution >= 0.6 is 0 Å². The Labute approximate surface area is 96.6 Å². The van der Waals surface area contributed by atoms with Gasteiger partial charge in [-0.25, -0.2) is 4.98 Å². The molecular weight excluding hydrogens is 204 g/mol. The molecule has 1 heterocycles. The van der Waals surface area contributed by atoms with Gasteiger partial charge in [0.25, 0.3) is 0 Å². The Morgan fingerprint density at radius 1 is 1.38 bits per heavy atom. The van der Waals surface area contributed by atoms with Gasteiger partial charge in [0.1, 0.15) is 5.82 Å². The largest absolute Gasteiger partial charge is 0.396 e. The van der Waals surface area contributed by atoms with Crippen LogP contribution in [0.1, 0.15) is 25.8 Å². The number of pyridine rings is 1. The van der Waals surface area contributed by atoms with Gasteiger partial charge in [-0.3, -0.25) is 0 Å². The standard InChI is InChI=1S/C12H20N2O2/c1-10(2)14(7-4-8-15)12-11(9-16)5-3-6-13-12/h3,5-6,10,15-16H,4,7-9H2,1-2H3. The number of nitrogens with zero attached hydrogens (tertiary/aromatic N) is 2. The van der Waals surface area contributed by atoms with E-state index in [1.54, 1.807) is 6.20 Å². The smallest absolute Gasteiger partial charge is 0.134 e. The van der Waals surface area contributed by atoms with Crippen LogP contribution in [-0.4, -0.2) is 34.4 Å². The van der Waals surface area contributed by atoms with E-state index in [-0.39, 0.29) is 13.2 Å². The molecule has 0 aliphatic heterocycles. The van der Waals surface area contributed by atoms with Crippen molar-refractivity contribution in [2.75, 3.05) is 18.1 Å². The van der Waals surface area contributed by atoms with E-state index < -0.39 is 0 Å². The summed E-state index contributed by atoms with van der Waals surface area (Å²) in [6.07, 6.45) is 2.43. The van der Waals surface area contributed by atoms with Gasteiger partial charge < -0.3 is 15.1 Å². The molecule has 90 valence electrons. The highest BCUT2D eigenvalue weighted by atomic mass is 16.3. The summed E-state index contributed by atoms with van der Waals surface area (Å²) in [7, 11) is 0. The highest BCUT2D eigenvalue weighted by molar-refractivity contribution is 5.47. The lowest BCUT2D eigenvalue weighted by Crippen LogP contribution is -2.33. The summed E-state index contributed by atoms with van der Waals surface area (Å²) >= 11 is 0. The zero-order valence-electron chi connectivity index (χ0n) is 9.93. The van der Waals surface area contributed by atoms with Crippen molar-refractivity contribution in [1.29, 1.82) is 0 Å². The van der Waals surface area contributed by atoms with Crippen LogP contribution in [0.25, 0.3) is 0 Å². The van der Waals surface area contributed by atoms with Crippen LogP contribution in [0, 0.1) is 0 Å². The number of rotatable bonds is 6. The molecule has 0 unspecified atom stereocenters. The molecule has 1 aromatic rings. The van der Waals surface area contributed by atoms with Crippen LogP contribution < -0.4 is 4.90 Å². The number of aliphatic hydroxyl groups is 2. The predicted octanol–water partition coefficient (Wildman–Crippen LogP) is 1.17. The van der Waals surface area contributed by atoms with Crippen molar-refractivity contribution in [3.05, 3.63) is 23.9 Å². The lowest BCUT2D eigenvalue weighted by atomic mass is 10.2. The Bertz CT molecular complexity index is 316. The van der Waals surface area contributed by atoms with E-state index in [1.807, 2.05) is 12.1 Å². The quantitative estimate of drug-likeness (QED) is 0.761. The highest BCUT2D eigenvalue weighted by Gasteiger charge is 2.14. The molecule has 0 radical (unpaired) electrons. The third-order valence-electron chi connectivity index (χ3n) is 2.49. The first-order valence-electron chi connectivity index (χ1n) is 5.63. The Hall–Kier alpha value is -1.13. The van der Waals surface area contributed by atoms with E-state index in [0.29, 0.717) is 12.5 Å². The second-order valence-corrected chi connectivity index (χ2v) is 4.01. The van der Waals surface area contributed by atoms with Crippen molar-refractivity contribution in [1.82, 2.24) is 4.98 Å². The molecule has 4 heteroatoms. The fourth-order valence-corrected chi connectivity index (χ4v) is 1.66. The van der Waals surface area contributed by atoms with Crippen molar-refractivity contribution in [2.45, 2.75) is 32.9 Å². The van der Waals surface area contributed by atoms with E-state index in [1.165, 1.54) is 0 Å². The Morgan fingerprint density at radius 3 is 2.69 bits per heavy atom. The maximum atomic E-state index is 9.26. The first kappa shape index (κ1) is 12.9. The molecule has 1 rings (SSSR count). The zero-order chi connectivity index (χ0) is 12.0. The molecule has 16 heavy (non-hydrogen) atoms. The van der Waals surface area contributed by atoms with Crippen molar-refractivity contribution < 1.29 is 10.2 Å². The van der Waals surface area contributed by atoms with Gasteiger partial charge >= 0.3 is 0 Å². The van der Waals surface area contributed by atoms with Crippen molar-refractivity contribution in [2.24, 2.45) is 0 Å². The summed E-state index contributed by atoms with van der Waals surface area (Å²) in [6, 6.07) is 3.99. The first-order valence-corrected chi connectivity index (χ1v) is 5.63. The molecule has 4 nitrogen and oxygen atoms in total. The van der Waals surface area contributed by atoms with Gasteiger partial charge in [-0.2, -0.15) is 0 Å². The van der Waals surface area contributed by atoms with Gasteiger partial charge in [-0.1, -0.05) is 6.07 Å². The average Bonchev–Trinajstić information content (AvgIpc) is 2.29. The molecular formula is C12H20N2O2. The molecule has 0 bridgehead atoms. The van der Waals surface area contributed by atoms with Gasteiger partial charge in [0.2, 0.25) is 0 Å². The fraction of sp³-hybridized carbons (Fsp3) is 0.583. The number of hydrogen-bond acceptors (Lipinski definition) is 4. The topological polar surface area (TPSA) is 56.6 Å². The van der Waals surface area contributed by atoms with Gasteiger partial charge in [0.05, 0.1) is 6.61 Å². The lowest BCUT2D eigenvalue weighted by molar-refractivity contribution is 0.280. The van der Waals surface area contributed by atoms with Crippen LogP contribution in [0.3, 0.4) is 0 Å². The van der Waals surface area contributed by atoms with Crippen molar-refractivity contribution >= 4 is 5.82 Å². The van der Waals surface area contributed by atoms with E-state index in [2.05, 4.69) is 23.7 Å². The second kappa shape index (κ2) is 6.45. The molecule has 0 aliphatic carbocycles. The Kier molecular flexibility index (Phi) is 5.22. The monoisotopic (exact) mass is 224 g/mol. The maximum Gasteiger partial charge on any atom is 0.134 e. The van der Waals surface area contributed by atoms with Gasteiger partial charge in [0, 0.05) is 31.0 Å². The minimum absolute atomic E-state index is 0.00841. The summed E-state index contributed by atoms with van der Waals surface area (Å²) in [5.41, 5.74) is 0.828. The molecule has 0 saturated heterocycles. The average molecular weight is 224 g/mol. The van der Waals surface area contributed by atoms with Gasteiger partial charge in [-0.05, 0) is 26.3 Å². The number of hydrogen-bond donors (Lipinski definition) is 2. The highest BCUT2D eigenvalue weighted by Crippen LogP contribution is 2.19. The number of aromatic nitrogens is 1. The number of aliphatic hydroxyl groups excluding tert-OH is 2. The maximum absolute atomic E-state index is 9.26. The zero-order valence-corrected chi connectivity index (χ0v) is 9.93. The second-order valence-electron chi connectivity index (χ2n) is 4.01. The summed E-state index contributed by atoms with van der Waals surface area (Å²) in [5, 5.41) is 18.1. The molecule has 2 N–H and O–H groups in total. The van der Waals surface area contributed by atoms with Gasteiger partial charge in [-0.15, -0.1) is 0 Å².